The molecule has 20 heavy (non-hydrogen) atoms. The SMILES string of the molecule is N#Cc1ccc(N/N=C(/C(=O)O)C(=O)CC(=O)O)cn1. The molecule has 0 aliphatic carbocycles. The van der Waals surface area contributed by atoms with Gasteiger partial charge in [0.05, 0.1) is 11.9 Å². The van der Waals surface area contributed by atoms with Gasteiger partial charge in [-0.05, 0) is 12.1 Å². The number of nitrogens with zero attached hydrogens (tertiary/aromatic N) is 3. The van der Waals surface area contributed by atoms with Gasteiger partial charge in [0.25, 0.3) is 0 Å². The molecule has 1 aromatic heterocycles. The molecule has 0 aliphatic rings. The van der Waals surface area contributed by atoms with Crippen molar-refractivity contribution in [2.45, 2.75) is 6.42 Å². The van der Waals surface area contributed by atoms with E-state index >= 15 is 0 Å². The highest BCUT2D eigenvalue weighted by Crippen LogP contribution is 2.05. The Bertz CT molecular complexity index is 615. The molecule has 0 aromatic carbocycles. The zero-order valence-corrected chi connectivity index (χ0v) is 9.90. The van der Waals surface area contributed by atoms with Crippen LogP contribution in [-0.4, -0.2) is 38.6 Å². The fraction of sp³-hybridized carbons (Fsp3) is 0.0909. The van der Waals surface area contributed by atoms with E-state index in [4.69, 9.17) is 15.5 Å². The van der Waals surface area contributed by atoms with Gasteiger partial charge >= 0.3 is 11.9 Å². The molecule has 0 radical (unpaired) electrons. The van der Waals surface area contributed by atoms with Crippen molar-refractivity contribution in [2.24, 2.45) is 5.10 Å². The topological polar surface area (TPSA) is 153 Å². The van der Waals surface area contributed by atoms with Crippen LogP contribution in [0.15, 0.2) is 23.4 Å². The molecule has 0 fully saturated rings. The van der Waals surface area contributed by atoms with Gasteiger partial charge in [-0.3, -0.25) is 15.0 Å². The number of hydrazone groups is 1. The van der Waals surface area contributed by atoms with E-state index in [0.717, 1.165) is 0 Å². The highest BCUT2D eigenvalue weighted by molar-refractivity contribution is 6.65. The number of carbonyl (C=O) groups excluding carboxylic acids is 1. The average Bonchev–Trinajstić information content (AvgIpc) is 2.38. The number of carboxylic acid groups (broad SMARTS) is 2. The molecule has 1 rings (SSSR count). The predicted octanol–water partition coefficient (Wildman–Crippen LogP) is -0.150. The van der Waals surface area contributed by atoms with Gasteiger partial charge in [-0.2, -0.15) is 10.4 Å². The van der Waals surface area contributed by atoms with E-state index in [9.17, 15) is 14.4 Å². The highest BCUT2D eigenvalue weighted by Gasteiger charge is 2.22. The largest absolute Gasteiger partial charge is 0.481 e. The van der Waals surface area contributed by atoms with Crippen molar-refractivity contribution < 1.29 is 24.6 Å². The summed E-state index contributed by atoms with van der Waals surface area (Å²) < 4.78 is 0. The zero-order valence-electron chi connectivity index (χ0n) is 9.90. The average molecular weight is 276 g/mol. The standard InChI is InChI=1S/C11H8N4O5/c12-4-6-1-2-7(5-13-6)14-15-10(11(19)20)8(16)3-9(17)18/h1-2,5,14H,3H2,(H,17,18)(H,19,20)/b15-10+. The minimum Gasteiger partial charge on any atom is -0.481 e. The number of Topliss-reactive ketones (excluding diaryl/α,β-unsaturated/α-hetero) is 1. The van der Waals surface area contributed by atoms with Crippen LogP contribution < -0.4 is 5.43 Å². The molecule has 102 valence electrons. The van der Waals surface area contributed by atoms with Crippen LogP contribution in [0.1, 0.15) is 12.1 Å². The van der Waals surface area contributed by atoms with E-state index in [-0.39, 0.29) is 11.4 Å². The monoisotopic (exact) mass is 276 g/mol. The Morgan fingerprint density at radius 2 is 2.05 bits per heavy atom. The van der Waals surface area contributed by atoms with Crippen molar-refractivity contribution >= 4 is 29.1 Å². The van der Waals surface area contributed by atoms with Crippen molar-refractivity contribution in [1.29, 1.82) is 5.26 Å². The highest BCUT2D eigenvalue weighted by atomic mass is 16.4. The number of anilines is 1. The van der Waals surface area contributed by atoms with Crippen molar-refractivity contribution in [1.82, 2.24) is 4.98 Å². The Morgan fingerprint density at radius 3 is 2.50 bits per heavy atom. The first-order valence-corrected chi connectivity index (χ1v) is 5.12. The van der Waals surface area contributed by atoms with E-state index < -0.39 is 29.9 Å². The van der Waals surface area contributed by atoms with Crippen LogP contribution in [0.3, 0.4) is 0 Å². The normalized spacial score (nSPS) is 10.4. The number of ketones is 1. The van der Waals surface area contributed by atoms with Gasteiger partial charge in [0.2, 0.25) is 11.5 Å². The van der Waals surface area contributed by atoms with Crippen LogP contribution in [0.25, 0.3) is 0 Å². The molecule has 1 heterocycles. The van der Waals surface area contributed by atoms with Crippen molar-refractivity contribution in [3.05, 3.63) is 24.0 Å². The molecule has 0 saturated heterocycles. The lowest BCUT2D eigenvalue weighted by Gasteiger charge is -2.02. The number of nitriles is 1. The maximum atomic E-state index is 11.3. The summed E-state index contributed by atoms with van der Waals surface area (Å²) in [5.74, 6) is -4.24. The second-order valence-electron chi connectivity index (χ2n) is 3.41. The Morgan fingerprint density at radius 1 is 1.35 bits per heavy atom. The maximum Gasteiger partial charge on any atom is 0.360 e. The summed E-state index contributed by atoms with van der Waals surface area (Å²) >= 11 is 0. The lowest BCUT2D eigenvalue weighted by molar-refractivity contribution is -0.139. The molecular formula is C11H8N4O5. The second kappa shape index (κ2) is 6.60. The Balaban J connectivity index is 2.87. The Hall–Kier alpha value is -3.28. The minimum absolute atomic E-state index is 0.153. The molecule has 3 N–H and O–H groups in total. The van der Waals surface area contributed by atoms with Crippen LogP contribution in [0.4, 0.5) is 5.69 Å². The van der Waals surface area contributed by atoms with E-state index in [2.05, 4.69) is 15.5 Å². The molecule has 0 bridgehead atoms. The summed E-state index contributed by atoms with van der Waals surface area (Å²) in [4.78, 5) is 36.2. The van der Waals surface area contributed by atoms with Crippen molar-refractivity contribution in [3.8, 4) is 6.07 Å². The lowest BCUT2D eigenvalue weighted by atomic mass is 10.2. The van der Waals surface area contributed by atoms with Crippen LogP contribution in [0.2, 0.25) is 0 Å². The van der Waals surface area contributed by atoms with Gasteiger partial charge in [-0.1, -0.05) is 0 Å². The molecular weight excluding hydrogens is 268 g/mol. The smallest absolute Gasteiger partial charge is 0.360 e. The molecule has 9 nitrogen and oxygen atoms in total. The number of carbonyl (C=O) groups is 3. The quantitative estimate of drug-likeness (QED) is 0.368. The summed E-state index contributed by atoms with van der Waals surface area (Å²) in [6.07, 6.45) is 0.238. The zero-order chi connectivity index (χ0) is 15.1. The molecule has 1 aromatic rings. The summed E-state index contributed by atoms with van der Waals surface area (Å²) in [5, 5.41) is 29.1. The van der Waals surface area contributed by atoms with Crippen LogP contribution >= 0.6 is 0 Å². The fourth-order valence-corrected chi connectivity index (χ4v) is 1.10. The molecule has 0 saturated carbocycles. The summed E-state index contributed by atoms with van der Waals surface area (Å²) in [6, 6.07) is 4.55. The first kappa shape index (κ1) is 14.8. The molecule has 0 unspecified atom stereocenters. The first-order chi connectivity index (χ1) is 9.43. The van der Waals surface area contributed by atoms with E-state index in [1.54, 1.807) is 6.07 Å². The van der Waals surface area contributed by atoms with Gasteiger partial charge in [0.1, 0.15) is 18.2 Å². The number of pyridine rings is 1. The van der Waals surface area contributed by atoms with E-state index in [1.165, 1.54) is 18.3 Å². The third kappa shape index (κ3) is 4.19. The van der Waals surface area contributed by atoms with Gasteiger partial charge in [0, 0.05) is 0 Å². The molecule has 0 aliphatic heterocycles. The second-order valence-corrected chi connectivity index (χ2v) is 3.41. The third-order valence-corrected chi connectivity index (χ3v) is 1.95. The van der Waals surface area contributed by atoms with Gasteiger partial charge in [0.15, 0.2) is 0 Å². The number of nitrogens with one attached hydrogen (secondary N) is 1. The van der Waals surface area contributed by atoms with Crippen LogP contribution in [0, 0.1) is 11.3 Å². The first-order valence-electron chi connectivity index (χ1n) is 5.12. The van der Waals surface area contributed by atoms with Crippen LogP contribution in [0.5, 0.6) is 0 Å². The number of aromatic nitrogens is 1. The van der Waals surface area contributed by atoms with Gasteiger partial charge in [-0.25, -0.2) is 9.78 Å². The molecule has 9 heteroatoms. The Kier molecular flexibility index (Phi) is 4.88. The van der Waals surface area contributed by atoms with E-state index in [0.29, 0.717) is 0 Å². The van der Waals surface area contributed by atoms with Crippen molar-refractivity contribution in [3.63, 3.8) is 0 Å². The predicted molar refractivity (Wildman–Crippen MR) is 64.9 cm³/mol. The number of rotatable bonds is 6. The van der Waals surface area contributed by atoms with E-state index in [1.807, 2.05) is 0 Å². The fourth-order valence-electron chi connectivity index (χ4n) is 1.10. The number of aliphatic carboxylic acids is 2. The third-order valence-electron chi connectivity index (χ3n) is 1.95. The number of hydrogen-bond acceptors (Lipinski definition) is 7. The number of carboxylic acids is 2. The number of hydrogen-bond donors (Lipinski definition) is 3. The summed E-state index contributed by atoms with van der Waals surface area (Å²) in [5.41, 5.74) is 1.71. The molecule has 0 atom stereocenters. The molecule has 0 amide bonds. The van der Waals surface area contributed by atoms with Gasteiger partial charge in [-0.15, -0.1) is 0 Å². The lowest BCUT2D eigenvalue weighted by Crippen LogP contribution is -2.27. The summed E-state index contributed by atoms with van der Waals surface area (Å²) in [7, 11) is 0. The minimum atomic E-state index is -1.65. The van der Waals surface area contributed by atoms with Gasteiger partial charge < -0.3 is 10.2 Å². The maximum absolute atomic E-state index is 11.3. The van der Waals surface area contributed by atoms with Crippen LogP contribution in [-0.2, 0) is 14.4 Å². The molecule has 0 spiro atoms. The van der Waals surface area contributed by atoms with Crippen molar-refractivity contribution in [2.75, 3.05) is 5.43 Å². The Labute approximate surface area is 112 Å². The summed E-state index contributed by atoms with van der Waals surface area (Å²) in [6.45, 7) is 0.